The predicted octanol–water partition coefficient (Wildman–Crippen LogP) is 4.41. The summed E-state index contributed by atoms with van der Waals surface area (Å²) in [6.07, 6.45) is -0.731. The Balaban J connectivity index is 1.47. The topological polar surface area (TPSA) is 81.3 Å². The Morgan fingerprint density at radius 3 is 2.52 bits per heavy atom. The number of carbonyl (C=O) groups excluding carboxylic acids is 1. The maximum Gasteiger partial charge on any atom is 0.344 e. The summed E-state index contributed by atoms with van der Waals surface area (Å²) in [5, 5.41) is 2.73. The van der Waals surface area contributed by atoms with Gasteiger partial charge < -0.3 is 14.5 Å². The van der Waals surface area contributed by atoms with Gasteiger partial charge in [0.1, 0.15) is 5.75 Å². The number of ether oxygens (including phenoxy) is 2. The van der Waals surface area contributed by atoms with E-state index >= 15 is 0 Å². The van der Waals surface area contributed by atoms with E-state index in [0.717, 1.165) is 10.8 Å². The smallest absolute Gasteiger partial charge is 0.344 e. The fraction of sp³-hybridized carbons (Fsp3) is 0.136. The maximum atomic E-state index is 12.3. The summed E-state index contributed by atoms with van der Waals surface area (Å²) in [7, 11) is 0. The fourth-order valence-corrected chi connectivity index (χ4v) is 3.31. The Hall–Kier alpha value is -3.38. The molecule has 0 aliphatic heterocycles. The molecule has 0 amide bonds. The largest absolute Gasteiger partial charge is 0.481 e. The number of para-hydroxylation sites is 1. The minimum Gasteiger partial charge on any atom is -0.481 e. The molecule has 0 saturated carbocycles. The Bertz CT molecular complexity index is 1270. The summed E-state index contributed by atoms with van der Waals surface area (Å²) in [4.78, 5) is 31.5. The molecule has 0 unspecified atom stereocenters. The first-order valence-electron chi connectivity index (χ1n) is 9.01. The summed E-state index contributed by atoms with van der Waals surface area (Å²) in [6, 6.07) is 17.9. The molecular formula is C22H17ClN2O4. The number of aromatic nitrogens is 2. The first-order valence-corrected chi connectivity index (χ1v) is 9.39. The number of nitrogens with one attached hydrogen (secondary N) is 1. The van der Waals surface area contributed by atoms with Gasteiger partial charge in [-0.1, -0.05) is 48.0 Å². The molecule has 1 aromatic heterocycles. The molecule has 0 radical (unpaired) electrons. The van der Waals surface area contributed by atoms with E-state index in [-0.39, 0.29) is 18.0 Å². The monoisotopic (exact) mass is 408 g/mol. The Morgan fingerprint density at radius 2 is 1.72 bits per heavy atom. The number of hydrogen-bond donors (Lipinski definition) is 1. The Labute approximate surface area is 171 Å². The van der Waals surface area contributed by atoms with Gasteiger partial charge in [0.05, 0.1) is 10.9 Å². The van der Waals surface area contributed by atoms with Crippen LogP contribution in [0.25, 0.3) is 21.7 Å². The van der Waals surface area contributed by atoms with Gasteiger partial charge in [-0.05, 0) is 31.2 Å². The van der Waals surface area contributed by atoms with Crippen LogP contribution in [0.2, 0.25) is 5.02 Å². The first kappa shape index (κ1) is 19.0. The van der Waals surface area contributed by atoms with E-state index in [4.69, 9.17) is 21.1 Å². The van der Waals surface area contributed by atoms with Crippen LogP contribution in [0.1, 0.15) is 18.9 Å². The van der Waals surface area contributed by atoms with E-state index in [1.165, 1.54) is 0 Å². The molecule has 3 aromatic carbocycles. The zero-order valence-corrected chi connectivity index (χ0v) is 16.3. The standard InChI is InChI=1S/C22H17ClN2O4/c1-13(21-24-18-9-5-4-8-16(18)22(27)25-21)29-20(26)12-28-19-11-10-17(23)14-6-2-3-7-15(14)19/h2-11,13H,12H2,1H3,(H,24,25,27)/t13-/m0/s1. The number of nitrogens with zero attached hydrogens (tertiary/aromatic N) is 1. The molecule has 146 valence electrons. The molecule has 1 N–H and O–H groups in total. The number of halogens is 1. The summed E-state index contributed by atoms with van der Waals surface area (Å²) in [5.41, 5.74) is 0.260. The van der Waals surface area contributed by atoms with Crippen molar-refractivity contribution in [3.8, 4) is 5.75 Å². The number of benzene rings is 3. The van der Waals surface area contributed by atoms with E-state index < -0.39 is 12.1 Å². The van der Waals surface area contributed by atoms with E-state index in [2.05, 4.69) is 9.97 Å². The van der Waals surface area contributed by atoms with Crippen molar-refractivity contribution in [2.24, 2.45) is 0 Å². The molecule has 6 nitrogen and oxygen atoms in total. The second-order valence-corrected chi connectivity index (χ2v) is 6.89. The highest BCUT2D eigenvalue weighted by atomic mass is 35.5. The van der Waals surface area contributed by atoms with Crippen molar-refractivity contribution >= 4 is 39.2 Å². The highest BCUT2D eigenvalue weighted by Crippen LogP contribution is 2.31. The molecule has 4 aromatic rings. The normalized spacial score (nSPS) is 12.1. The van der Waals surface area contributed by atoms with Crippen LogP contribution < -0.4 is 10.3 Å². The maximum absolute atomic E-state index is 12.3. The highest BCUT2D eigenvalue weighted by molar-refractivity contribution is 6.35. The van der Waals surface area contributed by atoms with Crippen molar-refractivity contribution in [2.75, 3.05) is 6.61 Å². The molecule has 0 saturated heterocycles. The van der Waals surface area contributed by atoms with Crippen molar-refractivity contribution in [2.45, 2.75) is 13.0 Å². The van der Waals surface area contributed by atoms with Crippen molar-refractivity contribution < 1.29 is 14.3 Å². The number of H-pyrrole nitrogens is 1. The number of rotatable bonds is 5. The van der Waals surface area contributed by atoms with Crippen LogP contribution in [-0.4, -0.2) is 22.5 Å². The average Bonchev–Trinajstić information content (AvgIpc) is 2.73. The second kappa shape index (κ2) is 7.93. The lowest BCUT2D eigenvalue weighted by Crippen LogP contribution is -2.20. The van der Waals surface area contributed by atoms with Crippen LogP contribution in [0, 0.1) is 0 Å². The molecule has 7 heteroatoms. The zero-order chi connectivity index (χ0) is 20.4. The molecule has 0 bridgehead atoms. The van der Waals surface area contributed by atoms with Gasteiger partial charge in [0.25, 0.3) is 5.56 Å². The molecule has 1 atom stereocenters. The van der Waals surface area contributed by atoms with Crippen LogP contribution in [0.3, 0.4) is 0 Å². The van der Waals surface area contributed by atoms with Crippen molar-refractivity contribution in [1.29, 1.82) is 0 Å². The van der Waals surface area contributed by atoms with Crippen molar-refractivity contribution in [3.63, 3.8) is 0 Å². The van der Waals surface area contributed by atoms with Gasteiger partial charge in [-0.15, -0.1) is 0 Å². The lowest BCUT2D eigenvalue weighted by atomic mass is 10.1. The Kier molecular flexibility index (Phi) is 5.18. The van der Waals surface area contributed by atoms with Gasteiger partial charge in [-0.3, -0.25) is 4.79 Å². The van der Waals surface area contributed by atoms with E-state index in [0.29, 0.717) is 21.7 Å². The van der Waals surface area contributed by atoms with Crippen LogP contribution in [-0.2, 0) is 9.53 Å². The average molecular weight is 409 g/mol. The van der Waals surface area contributed by atoms with Crippen molar-refractivity contribution in [1.82, 2.24) is 9.97 Å². The Morgan fingerprint density at radius 1 is 1.03 bits per heavy atom. The third-order valence-corrected chi connectivity index (χ3v) is 4.83. The molecule has 1 heterocycles. The third kappa shape index (κ3) is 3.93. The number of fused-ring (bicyclic) bond motifs is 2. The molecule has 0 spiro atoms. The molecular weight excluding hydrogens is 392 g/mol. The minimum atomic E-state index is -0.731. The highest BCUT2D eigenvalue weighted by Gasteiger charge is 2.16. The zero-order valence-electron chi connectivity index (χ0n) is 15.5. The second-order valence-electron chi connectivity index (χ2n) is 6.48. The summed E-state index contributed by atoms with van der Waals surface area (Å²) in [6.45, 7) is 1.36. The lowest BCUT2D eigenvalue weighted by molar-refractivity contribution is -0.151. The summed E-state index contributed by atoms with van der Waals surface area (Å²) >= 11 is 6.20. The van der Waals surface area contributed by atoms with Gasteiger partial charge in [0.2, 0.25) is 0 Å². The van der Waals surface area contributed by atoms with E-state index in [1.54, 1.807) is 43.3 Å². The van der Waals surface area contributed by atoms with Gasteiger partial charge in [-0.25, -0.2) is 9.78 Å². The number of esters is 1. The van der Waals surface area contributed by atoms with E-state index in [9.17, 15) is 9.59 Å². The predicted molar refractivity (Wildman–Crippen MR) is 111 cm³/mol. The fourth-order valence-electron chi connectivity index (χ4n) is 3.08. The van der Waals surface area contributed by atoms with Crippen LogP contribution >= 0.6 is 11.6 Å². The minimum absolute atomic E-state index is 0.277. The number of carbonyl (C=O) groups is 1. The quantitative estimate of drug-likeness (QED) is 0.494. The molecule has 0 aliphatic carbocycles. The van der Waals surface area contributed by atoms with E-state index in [1.807, 2.05) is 24.3 Å². The molecule has 4 rings (SSSR count). The van der Waals surface area contributed by atoms with Crippen LogP contribution in [0.4, 0.5) is 0 Å². The molecule has 0 aliphatic rings. The van der Waals surface area contributed by atoms with Gasteiger partial charge in [0.15, 0.2) is 18.5 Å². The van der Waals surface area contributed by atoms with Gasteiger partial charge in [-0.2, -0.15) is 0 Å². The number of hydrogen-bond acceptors (Lipinski definition) is 5. The lowest BCUT2D eigenvalue weighted by Gasteiger charge is -2.14. The third-order valence-electron chi connectivity index (χ3n) is 4.50. The van der Waals surface area contributed by atoms with Crippen LogP contribution in [0.5, 0.6) is 5.75 Å². The molecule has 29 heavy (non-hydrogen) atoms. The van der Waals surface area contributed by atoms with Crippen LogP contribution in [0.15, 0.2) is 65.5 Å². The summed E-state index contributed by atoms with van der Waals surface area (Å²) < 4.78 is 11.0. The van der Waals surface area contributed by atoms with Gasteiger partial charge in [0, 0.05) is 15.8 Å². The van der Waals surface area contributed by atoms with Gasteiger partial charge >= 0.3 is 5.97 Å². The SMILES string of the molecule is C[C@H](OC(=O)COc1ccc(Cl)c2ccccc12)c1nc2ccccc2c(=O)[nH]1. The summed E-state index contributed by atoms with van der Waals surface area (Å²) in [5.74, 6) is 0.234. The van der Waals surface area contributed by atoms with Crippen molar-refractivity contribution in [3.05, 3.63) is 81.9 Å². The molecule has 0 fully saturated rings. The first-order chi connectivity index (χ1) is 14.0. The number of aromatic amines is 1.